The van der Waals surface area contributed by atoms with Gasteiger partial charge in [-0.2, -0.15) is 0 Å². The van der Waals surface area contributed by atoms with Gasteiger partial charge in [0.25, 0.3) is 0 Å². The van der Waals surface area contributed by atoms with Gasteiger partial charge >= 0.3 is 0 Å². The average Bonchev–Trinajstić information content (AvgIpc) is 2.51. The van der Waals surface area contributed by atoms with E-state index in [1.165, 1.54) is 0 Å². The van der Waals surface area contributed by atoms with Crippen LogP contribution in [0.5, 0.6) is 0 Å². The Morgan fingerprint density at radius 2 is 2.27 bits per heavy atom. The van der Waals surface area contributed by atoms with Crippen molar-refractivity contribution in [2.75, 3.05) is 13.2 Å². The first kappa shape index (κ1) is 12.2. The summed E-state index contributed by atoms with van der Waals surface area (Å²) in [7, 11) is 0. The molecule has 0 unspecified atom stereocenters. The van der Waals surface area contributed by atoms with E-state index in [0.717, 1.165) is 31.2 Å². The fraction of sp³-hybridized carbons (Fsp3) is 0.727. The van der Waals surface area contributed by atoms with Gasteiger partial charge in [-0.1, -0.05) is 0 Å². The summed E-state index contributed by atoms with van der Waals surface area (Å²) in [6.45, 7) is 10.5. The van der Waals surface area contributed by atoms with Gasteiger partial charge in [-0.05, 0) is 27.7 Å². The molecular weight excluding hydrogens is 190 g/mol. The Morgan fingerprint density at radius 3 is 2.80 bits per heavy atom. The van der Waals surface area contributed by atoms with Crippen LogP contribution in [0.2, 0.25) is 0 Å². The molecule has 0 amide bonds. The minimum Gasteiger partial charge on any atom is -0.375 e. The molecule has 4 nitrogen and oxygen atoms in total. The summed E-state index contributed by atoms with van der Waals surface area (Å²) in [5.41, 5.74) is 1.00. The van der Waals surface area contributed by atoms with Gasteiger partial charge in [-0.15, -0.1) is 0 Å². The van der Waals surface area contributed by atoms with Gasteiger partial charge < -0.3 is 15.0 Å². The zero-order valence-electron chi connectivity index (χ0n) is 10.1. The summed E-state index contributed by atoms with van der Waals surface area (Å²) in [6.07, 6.45) is 1.86. The van der Waals surface area contributed by atoms with Crippen molar-refractivity contribution in [3.8, 4) is 0 Å². The maximum Gasteiger partial charge on any atom is 0.103 e. The van der Waals surface area contributed by atoms with Crippen molar-refractivity contribution in [1.29, 1.82) is 0 Å². The number of aromatic amines is 1. The molecule has 0 aliphatic heterocycles. The number of nitrogens with zero attached hydrogens (tertiary/aromatic N) is 1. The van der Waals surface area contributed by atoms with E-state index >= 15 is 0 Å². The molecule has 0 aromatic carbocycles. The number of rotatable bonds is 6. The van der Waals surface area contributed by atoms with E-state index in [4.69, 9.17) is 4.74 Å². The number of hydrogen-bond acceptors (Lipinski definition) is 3. The van der Waals surface area contributed by atoms with E-state index in [-0.39, 0.29) is 5.60 Å². The number of imidazole rings is 1. The lowest BCUT2D eigenvalue weighted by Gasteiger charge is -2.24. The SMILES string of the molecule is CCOC(C)(C)CNCc1cnc(C)[nH]1. The molecule has 86 valence electrons. The molecule has 0 bridgehead atoms. The van der Waals surface area contributed by atoms with Crippen molar-refractivity contribution in [2.24, 2.45) is 0 Å². The second kappa shape index (κ2) is 5.28. The lowest BCUT2D eigenvalue weighted by molar-refractivity contribution is -0.00901. The first-order chi connectivity index (χ1) is 7.03. The topological polar surface area (TPSA) is 49.9 Å². The third-order valence-electron chi connectivity index (χ3n) is 2.16. The van der Waals surface area contributed by atoms with Crippen molar-refractivity contribution >= 4 is 0 Å². The van der Waals surface area contributed by atoms with E-state index in [9.17, 15) is 0 Å². The smallest absolute Gasteiger partial charge is 0.103 e. The van der Waals surface area contributed by atoms with Crippen molar-refractivity contribution in [1.82, 2.24) is 15.3 Å². The maximum atomic E-state index is 5.58. The third kappa shape index (κ3) is 4.44. The Bertz CT molecular complexity index is 294. The highest BCUT2D eigenvalue weighted by Crippen LogP contribution is 2.07. The summed E-state index contributed by atoms with van der Waals surface area (Å²) in [5, 5.41) is 3.34. The number of ether oxygens (including phenoxy) is 1. The van der Waals surface area contributed by atoms with Crippen LogP contribution < -0.4 is 5.32 Å². The second-order valence-electron chi connectivity index (χ2n) is 4.29. The Labute approximate surface area is 91.4 Å². The molecule has 0 fully saturated rings. The van der Waals surface area contributed by atoms with Crippen LogP contribution in [0.15, 0.2) is 6.20 Å². The van der Waals surface area contributed by atoms with E-state index in [1.807, 2.05) is 20.0 Å². The predicted octanol–water partition coefficient (Wildman–Crippen LogP) is 1.62. The second-order valence-corrected chi connectivity index (χ2v) is 4.29. The first-order valence-corrected chi connectivity index (χ1v) is 5.38. The Balaban J connectivity index is 2.27. The van der Waals surface area contributed by atoms with Crippen molar-refractivity contribution < 1.29 is 4.74 Å². The molecule has 2 N–H and O–H groups in total. The third-order valence-corrected chi connectivity index (χ3v) is 2.16. The van der Waals surface area contributed by atoms with Gasteiger partial charge in [0.1, 0.15) is 5.82 Å². The fourth-order valence-corrected chi connectivity index (χ4v) is 1.50. The van der Waals surface area contributed by atoms with Gasteiger partial charge in [0.15, 0.2) is 0 Å². The van der Waals surface area contributed by atoms with Crippen molar-refractivity contribution in [3.05, 3.63) is 17.7 Å². The van der Waals surface area contributed by atoms with Crippen LogP contribution >= 0.6 is 0 Å². The molecule has 0 radical (unpaired) electrons. The molecule has 0 saturated carbocycles. The van der Waals surface area contributed by atoms with Crippen LogP contribution in [-0.4, -0.2) is 28.7 Å². The Morgan fingerprint density at radius 1 is 1.53 bits per heavy atom. The molecule has 0 aliphatic rings. The van der Waals surface area contributed by atoms with Crippen LogP contribution in [0, 0.1) is 6.92 Å². The van der Waals surface area contributed by atoms with Crippen molar-refractivity contribution in [2.45, 2.75) is 39.8 Å². The highest BCUT2D eigenvalue weighted by Gasteiger charge is 2.16. The molecule has 1 rings (SSSR count). The molecule has 1 heterocycles. The van der Waals surface area contributed by atoms with Crippen LogP contribution in [0.3, 0.4) is 0 Å². The summed E-state index contributed by atoms with van der Waals surface area (Å²) in [4.78, 5) is 7.32. The molecule has 1 aromatic heterocycles. The monoisotopic (exact) mass is 211 g/mol. The zero-order chi connectivity index (χ0) is 11.3. The number of hydrogen-bond donors (Lipinski definition) is 2. The molecule has 0 aliphatic carbocycles. The van der Waals surface area contributed by atoms with E-state index in [0.29, 0.717) is 0 Å². The molecule has 0 spiro atoms. The first-order valence-electron chi connectivity index (χ1n) is 5.38. The minimum atomic E-state index is -0.107. The van der Waals surface area contributed by atoms with Gasteiger partial charge in [0, 0.05) is 31.6 Å². The number of nitrogens with one attached hydrogen (secondary N) is 2. The molecule has 1 aromatic rings. The fourth-order valence-electron chi connectivity index (χ4n) is 1.50. The van der Waals surface area contributed by atoms with Crippen LogP contribution in [0.1, 0.15) is 32.3 Å². The Kier molecular flexibility index (Phi) is 4.29. The van der Waals surface area contributed by atoms with E-state index < -0.39 is 0 Å². The van der Waals surface area contributed by atoms with Gasteiger partial charge in [-0.25, -0.2) is 4.98 Å². The zero-order valence-corrected chi connectivity index (χ0v) is 10.1. The van der Waals surface area contributed by atoms with Gasteiger partial charge in [-0.3, -0.25) is 0 Å². The van der Waals surface area contributed by atoms with Crippen molar-refractivity contribution in [3.63, 3.8) is 0 Å². The van der Waals surface area contributed by atoms with Gasteiger partial charge in [0.2, 0.25) is 0 Å². The van der Waals surface area contributed by atoms with Crippen LogP contribution in [-0.2, 0) is 11.3 Å². The maximum absolute atomic E-state index is 5.58. The summed E-state index contributed by atoms with van der Waals surface area (Å²) in [6, 6.07) is 0. The highest BCUT2D eigenvalue weighted by molar-refractivity contribution is 4.99. The largest absolute Gasteiger partial charge is 0.375 e. The summed E-state index contributed by atoms with van der Waals surface area (Å²) in [5.74, 6) is 0.955. The number of aromatic nitrogens is 2. The lowest BCUT2D eigenvalue weighted by atomic mass is 10.1. The van der Waals surface area contributed by atoms with E-state index in [1.54, 1.807) is 0 Å². The quantitative estimate of drug-likeness (QED) is 0.752. The summed E-state index contributed by atoms with van der Waals surface area (Å²) < 4.78 is 5.58. The average molecular weight is 211 g/mol. The minimum absolute atomic E-state index is 0.107. The number of H-pyrrole nitrogens is 1. The highest BCUT2D eigenvalue weighted by atomic mass is 16.5. The molecule has 0 saturated heterocycles. The normalized spacial score (nSPS) is 12.0. The van der Waals surface area contributed by atoms with Crippen LogP contribution in [0.25, 0.3) is 0 Å². The predicted molar refractivity (Wildman–Crippen MR) is 60.7 cm³/mol. The van der Waals surface area contributed by atoms with E-state index in [2.05, 4.69) is 29.1 Å². The Hall–Kier alpha value is -0.870. The molecule has 0 atom stereocenters. The summed E-state index contributed by atoms with van der Waals surface area (Å²) >= 11 is 0. The lowest BCUT2D eigenvalue weighted by Crippen LogP contribution is -2.37. The molecular formula is C11H21N3O. The van der Waals surface area contributed by atoms with Crippen LogP contribution in [0.4, 0.5) is 0 Å². The number of aryl methyl sites for hydroxylation is 1. The molecule has 15 heavy (non-hydrogen) atoms. The molecule has 4 heteroatoms. The standard InChI is InChI=1S/C11H21N3O/c1-5-15-11(3,4)8-12-6-10-7-13-9(2)14-10/h7,12H,5-6,8H2,1-4H3,(H,13,14). The van der Waals surface area contributed by atoms with Gasteiger partial charge in [0.05, 0.1) is 5.60 Å².